The molecule has 1 aliphatic rings. The Morgan fingerprint density at radius 3 is 2.83 bits per heavy atom. The molecule has 1 rings (SSSR count). The van der Waals surface area contributed by atoms with Crippen LogP contribution >= 0.6 is 0 Å². The molecule has 1 aliphatic heterocycles. The molecule has 0 bridgehead atoms. The van der Waals surface area contributed by atoms with Crippen LogP contribution in [-0.4, -0.2) is 32.8 Å². The van der Waals surface area contributed by atoms with Gasteiger partial charge in [0.15, 0.2) is 0 Å². The average Bonchev–Trinajstić information content (AvgIpc) is 1.86. The molecule has 0 saturated carbocycles. The van der Waals surface area contributed by atoms with Gasteiger partial charge in [0.1, 0.15) is 0 Å². The quantitative estimate of drug-likeness (QED) is 0.534. The molecule has 0 saturated heterocycles. The number of hydrogen-bond donors (Lipinski definition) is 1. The molecule has 0 radical (unpaired) electrons. The van der Waals surface area contributed by atoms with Crippen LogP contribution < -0.4 is 5.73 Å². The fourth-order valence-corrected chi connectivity index (χ4v) is 2.36. The van der Waals surface area contributed by atoms with Gasteiger partial charge in [0.05, 0.1) is 0 Å². The van der Waals surface area contributed by atoms with Crippen molar-refractivity contribution in [2.24, 2.45) is 5.73 Å². The Balaban J connectivity index is 2.45. The molecule has 0 aromatic rings. The standard InChI is InChI=1S/C3H6NO.In/c4-2-1-3-5;/h1,3-4H2;/q-1;+1. The van der Waals surface area contributed by atoms with E-state index in [1.807, 2.05) is 0 Å². The molecule has 3 heteroatoms. The minimum atomic E-state index is -0.713. The van der Waals surface area contributed by atoms with Crippen molar-refractivity contribution in [2.45, 2.75) is 6.42 Å². The van der Waals surface area contributed by atoms with Crippen molar-refractivity contribution in [3.63, 3.8) is 0 Å². The van der Waals surface area contributed by atoms with Crippen molar-refractivity contribution >= 4 is 26.2 Å². The summed E-state index contributed by atoms with van der Waals surface area (Å²) in [5.41, 5.74) is 5.41. The second kappa shape index (κ2) is 1.87. The summed E-state index contributed by atoms with van der Waals surface area (Å²) < 4.78 is 6.26. The van der Waals surface area contributed by atoms with Gasteiger partial charge in [-0.3, -0.25) is 0 Å². The fraction of sp³-hybridized carbons (Fsp3) is 0.667. The molecule has 32 valence electrons. The van der Waals surface area contributed by atoms with Gasteiger partial charge in [0.2, 0.25) is 0 Å². The van der Waals surface area contributed by atoms with E-state index in [1.54, 1.807) is 0 Å². The summed E-state index contributed by atoms with van der Waals surface area (Å²) in [6, 6.07) is 0. The van der Waals surface area contributed by atoms with Crippen molar-refractivity contribution < 1.29 is 2.85 Å². The first-order valence-corrected chi connectivity index (χ1v) is 4.95. The molecule has 0 spiro atoms. The summed E-state index contributed by atoms with van der Waals surface area (Å²) in [5, 5.41) is 0. The molecule has 0 fully saturated rings. The van der Waals surface area contributed by atoms with Crippen molar-refractivity contribution in [1.29, 1.82) is 0 Å². The van der Waals surface area contributed by atoms with Gasteiger partial charge in [-0.15, -0.1) is 0 Å². The van der Waals surface area contributed by atoms with Crippen LogP contribution in [0.2, 0.25) is 0 Å². The van der Waals surface area contributed by atoms with E-state index in [1.165, 1.54) is 3.38 Å². The van der Waals surface area contributed by atoms with E-state index < -0.39 is 22.9 Å². The van der Waals surface area contributed by atoms with Crippen LogP contribution in [0.25, 0.3) is 0 Å². The van der Waals surface area contributed by atoms with E-state index in [0.717, 1.165) is 13.0 Å². The molecule has 6 heavy (non-hydrogen) atoms. The second-order valence-corrected chi connectivity index (χ2v) is 5.05. The van der Waals surface area contributed by atoms with E-state index >= 15 is 0 Å². The third kappa shape index (κ3) is 0.899. The monoisotopic (exact) mass is 187 g/mol. The van der Waals surface area contributed by atoms with Gasteiger partial charge in [0, 0.05) is 0 Å². The molecule has 0 unspecified atom stereocenters. The SMILES string of the molecule is N[C]1=[In][O]CC1. The van der Waals surface area contributed by atoms with Crippen molar-refractivity contribution in [3.05, 3.63) is 0 Å². The molecular formula is C3H6InNO. The van der Waals surface area contributed by atoms with Gasteiger partial charge >= 0.3 is 47.9 Å². The molecule has 0 aliphatic carbocycles. The Labute approximate surface area is 48.1 Å². The summed E-state index contributed by atoms with van der Waals surface area (Å²) in [6.07, 6.45) is 1.04. The van der Waals surface area contributed by atoms with Gasteiger partial charge in [-0.25, -0.2) is 0 Å². The van der Waals surface area contributed by atoms with Gasteiger partial charge in [0.25, 0.3) is 0 Å². The number of hydrogen-bond acceptors (Lipinski definition) is 2. The first kappa shape index (κ1) is 4.50. The van der Waals surface area contributed by atoms with E-state index in [0.29, 0.717) is 0 Å². The topological polar surface area (TPSA) is 35.2 Å². The molecule has 0 amide bonds. The van der Waals surface area contributed by atoms with Crippen molar-refractivity contribution in [2.75, 3.05) is 6.61 Å². The van der Waals surface area contributed by atoms with E-state index in [2.05, 4.69) is 0 Å². The Morgan fingerprint density at radius 1 is 1.83 bits per heavy atom. The zero-order chi connectivity index (χ0) is 4.41. The van der Waals surface area contributed by atoms with Crippen LogP contribution in [-0.2, 0) is 2.85 Å². The van der Waals surface area contributed by atoms with Gasteiger partial charge < -0.3 is 0 Å². The second-order valence-electron chi connectivity index (χ2n) is 1.31. The van der Waals surface area contributed by atoms with E-state index in [9.17, 15) is 0 Å². The van der Waals surface area contributed by atoms with Crippen molar-refractivity contribution in [1.82, 2.24) is 0 Å². The fourth-order valence-electron chi connectivity index (χ4n) is 0.402. The predicted molar refractivity (Wildman–Crippen MR) is 25.5 cm³/mol. The molecule has 2 N–H and O–H groups in total. The Hall–Kier alpha value is 0.340. The molecular weight excluding hydrogens is 181 g/mol. The summed E-state index contributed by atoms with van der Waals surface area (Å²) in [4.78, 5) is 0. The van der Waals surface area contributed by atoms with Gasteiger partial charge in [-0.2, -0.15) is 0 Å². The van der Waals surface area contributed by atoms with Crippen molar-refractivity contribution in [3.8, 4) is 0 Å². The molecule has 0 aromatic carbocycles. The van der Waals surface area contributed by atoms with Gasteiger partial charge in [-0.05, 0) is 0 Å². The number of nitrogens with two attached hydrogens (primary N) is 1. The molecule has 0 atom stereocenters. The van der Waals surface area contributed by atoms with Crippen LogP contribution in [0.1, 0.15) is 6.42 Å². The summed E-state index contributed by atoms with van der Waals surface area (Å²) >= 11 is -0.713. The first-order chi connectivity index (χ1) is 2.89. The Kier molecular flexibility index (Phi) is 1.40. The third-order valence-corrected chi connectivity index (χ3v) is 3.58. The van der Waals surface area contributed by atoms with Gasteiger partial charge in [-0.1, -0.05) is 0 Å². The maximum absolute atomic E-state index is 5.41. The Bertz CT molecular complexity index is 80.9. The van der Waals surface area contributed by atoms with Crippen LogP contribution in [0.15, 0.2) is 0 Å². The minimum absolute atomic E-state index is 0.713. The predicted octanol–water partition coefficient (Wildman–Crippen LogP) is -0.885. The molecule has 2 nitrogen and oxygen atoms in total. The zero-order valence-electron chi connectivity index (χ0n) is 3.48. The normalized spacial score (nSPS) is 18.3. The maximum atomic E-state index is 5.41. The number of rotatable bonds is 0. The summed E-state index contributed by atoms with van der Waals surface area (Å²) in [6.45, 7) is 0.910. The first-order valence-electron chi connectivity index (χ1n) is 1.96. The molecule has 0 aromatic heterocycles. The summed E-state index contributed by atoms with van der Waals surface area (Å²) in [5.74, 6) is 0. The van der Waals surface area contributed by atoms with Crippen LogP contribution in [0, 0.1) is 0 Å². The van der Waals surface area contributed by atoms with E-state index in [4.69, 9.17) is 8.59 Å². The molecule has 1 heterocycles. The summed E-state index contributed by atoms with van der Waals surface area (Å²) in [7, 11) is 0. The van der Waals surface area contributed by atoms with Crippen LogP contribution in [0.5, 0.6) is 0 Å². The van der Waals surface area contributed by atoms with Crippen LogP contribution in [0.4, 0.5) is 0 Å². The Morgan fingerprint density at radius 2 is 2.67 bits per heavy atom. The zero-order valence-corrected chi connectivity index (χ0v) is 6.77. The van der Waals surface area contributed by atoms with E-state index in [-0.39, 0.29) is 0 Å². The average molecular weight is 187 g/mol. The van der Waals surface area contributed by atoms with Crippen LogP contribution in [0.3, 0.4) is 0 Å². The third-order valence-electron chi connectivity index (χ3n) is 0.743.